The van der Waals surface area contributed by atoms with Crippen LogP contribution < -0.4 is 10.4 Å². The molecule has 1 aromatic heterocycles. The summed E-state index contributed by atoms with van der Waals surface area (Å²) in [6.07, 6.45) is 3.06. The molecule has 5 nitrogen and oxygen atoms in total. The molecule has 2 rings (SSSR count). The first-order chi connectivity index (χ1) is 7.27. The molecular formula is C10H17N3O2. The summed E-state index contributed by atoms with van der Waals surface area (Å²) in [7, 11) is 0. The zero-order chi connectivity index (χ0) is 10.8. The molecule has 0 unspecified atom stereocenters. The first-order valence-electron chi connectivity index (χ1n) is 5.60. The Morgan fingerprint density at radius 1 is 1.47 bits per heavy atom. The molecule has 1 heterocycles. The fraction of sp³-hybridized carbons (Fsp3) is 0.800. The van der Waals surface area contributed by atoms with Gasteiger partial charge in [0.1, 0.15) is 0 Å². The van der Waals surface area contributed by atoms with E-state index in [1.54, 1.807) is 4.57 Å². The monoisotopic (exact) mass is 211 g/mol. The minimum Gasteiger partial charge on any atom is -0.464 e. The number of aromatic nitrogens is 3. The Labute approximate surface area is 88.7 Å². The zero-order valence-corrected chi connectivity index (χ0v) is 9.27. The van der Waals surface area contributed by atoms with Crippen molar-refractivity contribution in [1.82, 2.24) is 14.3 Å². The lowest BCUT2D eigenvalue weighted by atomic mass is 10.5. The van der Waals surface area contributed by atoms with Crippen LogP contribution >= 0.6 is 0 Å². The number of aryl methyl sites for hydroxylation is 1. The third kappa shape index (κ3) is 1.91. The topological polar surface area (TPSA) is 49.1 Å². The highest BCUT2D eigenvalue weighted by Gasteiger charge is 2.30. The molecule has 5 heteroatoms. The summed E-state index contributed by atoms with van der Waals surface area (Å²) in [5, 5.41) is 4.17. The largest absolute Gasteiger partial charge is 0.464 e. The van der Waals surface area contributed by atoms with Gasteiger partial charge in [0, 0.05) is 12.6 Å². The average Bonchev–Trinajstić information content (AvgIpc) is 3.01. The minimum atomic E-state index is -0.0360. The van der Waals surface area contributed by atoms with Gasteiger partial charge in [0.2, 0.25) is 0 Å². The van der Waals surface area contributed by atoms with Gasteiger partial charge in [-0.3, -0.25) is 0 Å². The lowest BCUT2D eigenvalue weighted by Gasteiger charge is -2.03. The van der Waals surface area contributed by atoms with Gasteiger partial charge in [-0.2, -0.15) is 0 Å². The molecule has 15 heavy (non-hydrogen) atoms. The van der Waals surface area contributed by atoms with E-state index >= 15 is 0 Å². The maximum atomic E-state index is 11.8. The van der Waals surface area contributed by atoms with Crippen molar-refractivity contribution in [3.63, 3.8) is 0 Å². The van der Waals surface area contributed by atoms with Crippen LogP contribution in [0.25, 0.3) is 0 Å². The predicted octanol–water partition coefficient (Wildman–Crippen LogP) is 1.19. The smallest absolute Gasteiger partial charge is 0.348 e. The average molecular weight is 211 g/mol. The maximum absolute atomic E-state index is 11.8. The second-order valence-corrected chi connectivity index (χ2v) is 3.83. The van der Waals surface area contributed by atoms with Gasteiger partial charge >= 0.3 is 11.7 Å². The van der Waals surface area contributed by atoms with Crippen LogP contribution in [0, 0.1) is 0 Å². The molecule has 0 aromatic carbocycles. The molecule has 1 aromatic rings. The predicted molar refractivity (Wildman–Crippen MR) is 56.2 cm³/mol. The quantitative estimate of drug-likeness (QED) is 0.735. The molecule has 1 fully saturated rings. The highest BCUT2D eigenvalue weighted by Crippen LogP contribution is 2.35. The zero-order valence-electron chi connectivity index (χ0n) is 9.27. The Hall–Kier alpha value is -1.26. The number of ether oxygens (including phenoxy) is 1. The van der Waals surface area contributed by atoms with E-state index in [2.05, 4.69) is 5.10 Å². The summed E-state index contributed by atoms with van der Waals surface area (Å²) in [4.78, 5) is 11.8. The van der Waals surface area contributed by atoms with Gasteiger partial charge in [-0.15, -0.1) is 5.10 Å². The Bertz CT molecular complexity index is 390. The van der Waals surface area contributed by atoms with Crippen LogP contribution in [0.3, 0.4) is 0 Å². The van der Waals surface area contributed by atoms with Gasteiger partial charge in [0.25, 0.3) is 0 Å². The van der Waals surface area contributed by atoms with Gasteiger partial charge in [0.15, 0.2) is 0 Å². The highest BCUT2D eigenvalue weighted by atomic mass is 16.5. The Morgan fingerprint density at radius 2 is 2.20 bits per heavy atom. The fourth-order valence-corrected chi connectivity index (χ4v) is 1.54. The molecule has 0 aliphatic heterocycles. The van der Waals surface area contributed by atoms with E-state index in [1.807, 2.05) is 13.8 Å². The normalized spacial score (nSPS) is 15.6. The molecule has 0 spiro atoms. The summed E-state index contributed by atoms with van der Waals surface area (Å²) in [6, 6.07) is 0.816. The van der Waals surface area contributed by atoms with E-state index in [1.165, 1.54) is 4.68 Å². The number of hydrogen-bond donors (Lipinski definition) is 0. The van der Waals surface area contributed by atoms with Crippen molar-refractivity contribution in [3.8, 4) is 6.01 Å². The van der Waals surface area contributed by atoms with Gasteiger partial charge in [-0.05, 0) is 26.2 Å². The summed E-state index contributed by atoms with van der Waals surface area (Å²) in [5.41, 5.74) is -0.0360. The molecule has 0 N–H and O–H groups in total. The Balaban J connectivity index is 2.30. The number of rotatable bonds is 5. The summed E-state index contributed by atoms with van der Waals surface area (Å²) in [6.45, 7) is 5.17. The van der Waals surface area contributed by atoms with E-state index in [4.69, 9.17) is 4.74 Å². The highest BCUT2D eigenvalue weighted by molar-refractivity contribution is 5.01. The third-order valence-electron chi connectivity index (χ3n) is 2.49. The van der Waals surface area contributed by atoms with Crippen molar-refractivity contribution >= 4 is 0 Å². The van der Waals surface area contributed by atoms with Crippen LogP contribution in [0.2, 0.25) is 0 Å². The van der Waals surface area contributed by atoms with Crippen molar-refractivity contribution in [2.24, 2.45) is 0 Å². The SMILES string of the molecule is CCCOc1nn(CC)c(=O)n1C1CC1. The number of nitrogens with zero attached hydrogens (tertiary/aromatic N) is 3. The van der Waals surface area contributed by atoms with Crippen LogP contribution in [-0.2, 0) is 6.54 Å². The van der Waals surface area contributed by atoms with Crippen LogP contribution in [-0.4, -0.2) is 21.0 Å². The van der Waals surface area contributed by atoms with Gasteiger partial charge in [-0.1, -0.05) is 6.92 Å². The van der Waals surface area contributed by atoms with Crippen LogP contribution in [0.15, 0.2) is 4.79 Å². The first-order valence-corrected chi connectivity index (χ1v) is 5.60. The van der Waals surface area contributed by atoms with Crippen molar-refractivity contribution in [2.75, 3.05) is 6.61 Å². The molecule has 0 radical (unpaired) electrons. The third-order valence-corrected chi connectivity index (χ3v) is 2.49. The van der Waals surface area contributed by atoms with E-state index in [-0.39, 0.29) is 5.69 Å². The van der Waals surface area contributed by atoms with E-state index < -0.39 is 0 Å². The summed E-state index contributed by atoms with van der Waals surface area (Å²) >= 11 is 0. The standard InChI is InChI=1S/C10H17N3O2/c1-3-7-15-9-11-12(4-2)10(14)13(9)8-5-6-8/h8H,3-7H2,1-2H3. The Kier molecular flexibility index (Phi) is 2.79. The van der Waals surface area contributed by atoms with Crippen LogP contribution in [0.1, 0.15) is 39.2 Å². The van der Waals surface area contributed by atoms with Gasteiger partial charge in [0.05, 0.1) is 6.61 Å². The van der Waals surface area contributed by atoms with Gasteiger partial charge < -0.3 is 4.74 Å². The molecule has 0 atom stereocenters. The van der Waals surface area contributed by atoms with Gasteiger partial charge in [-0.25, -0.2) is 14.0 Å². The van der Waals surface area contributed by atoms with Crippen molar-refractivity contribution < 1.29 is 4.74 Å². The molecule has 0 bridgehead atoms. The molecule has 84 valence electrons. The molecule has 0 amide bonds. The van der Waals surface area contributed by atoms with Crippen LogP contribution in [0.4, 0.5) is 0 Å². The summed E-state index contributed by atoms with van der Waals surface area (Å²) in [5.74, 6) is 0. The second-order valence-electron chi connectivity index (χ2n) is 3.83. The summed E-state index contributed by atoms with van der Waals surface area (Å²) < 4.78 is 8.64. The maximum Gasteiger partial charge on any atom is 0.348 e. The lowest BCUT2D eigenvalue weighted by molar-refractivity contribution is 0.275. The van der Waals surface area contributed by atoms with Crippen molar-refractivity contribution in [2.45, 2.75) is 45.7 Å². The Morgan fingerprint density at radius 3 is 2.73 bits per heavy atom. The van der Waals surface area contributed by atoms with E-state index in [0.29, 0.717) is 25.2 Å². The van der Waals surface area contributed by atoms with Crippen LogP contribution in [0.5, 0.6) is 6.01 Å². The molecule has 1 aliphatic rings. The molecular weight excluding hydrogens is 194 g/mol. The second kappa shape index (κ2) is 4.08. The molecule has 0 saturated heterocycles. The lowest BCUT2D eigenvalue weighted by Crippen LogP contribution is -2.24. The molecule has 1 aliphatic carbocycles. The van der Waals surface area contributed by atoms with E-state index in [0.717, 1.165) is 19.3 Å². The first kappa shape index (κ1) is 10.3. The van der Waals surface area contributed by atoms with Crippen molar-refractivity contribution in [3.05, 3.63) is 10.5 Å². The van der Waals surface area contributed by atoms with E-state index in [9.17, 15) is 4.79 Å². The molecule has 1 saturated carbocycles. The minimum absolute atomic E-state index is 0.0360. The fourth-order valence-electron chi connectivity index (χ4n) is 1.54. The number of hydrogen-bond acceptors (Lipinski definition) is 3. The van der Waals surface area contributed by atoms with Crippen molar-refractivity contribution in [1.29, 1.82) is 0 Å².